The third kappa shape index (κ3) is 3.76. The average molecular weight is 345 g/mol. The van der Waals surface area contributed by atoms with Gasteiger partial charge in [-0.1, -0.05) is 32.0 Å². The van der Waals surface area contributed by atoms with Crippen LogP contribution in [0.25, 0.3) is 0 Å². The molecule has 3 rings (SSSR count). The fraction of sp³-hybridized carbons (Fsp3) is 0.650. The molecule has 1 aromatic carbocycles. The number of aliphatic imine (C=N–C) groups is 1. The van der Waals surface area contributed by atoms with Gasteiger partial charge in [-0.25, -0.2) is 0 Å². The summed E-state index contributed by atoms with van der Waals surface area (Å²) in [5.41, 5.74) is 1.33. The molecule has 0 aromatic heterocycles. The summed E-state index contributed by atoms with van der Waals surface area (Å²) in [6, 6.07) is 8.55. The van der Waals surface area contributed by atoms with Crippen LogP contribution in [0, 0.1) is 18.3 Å². The molecule has 0 spiro atoms. The zero-order valence-corrected chi connectivity index (χ0v) is 15.8. The lowest BCUT2D eigenvalue weighted by atomic mass is 9.57. The van der Waals surface area contributed by atoms with Gasteiger partial charge in [-0.2, -0.15) is 0 Å². The van der Waals surface area contributed by atoms with Crippen molar-refractivity contribution in [2.24, 2.45) is 16.3 Å². The lowest BCUT2D eigenvalue weighted by Gasteiger charge is -2.54. The first-order valence-corrected chi connectivity index (χ1v) is 9.31. The van der Waals surface area contributed by atoms with Crippen LogP contribution in [0.5, 0.6) is 5.75 Å². The number of nitrogens with zero attached hydrogens (tertiary/aromatic N) is 1. The first-order chi connectivity index (χ1) is 12.0. The van der Waals surface area contributed by atoms with E-state index in [4.69, 9.17) is 9.47 Å². The normalized spacial score (nSPS) is 27.4. The number of guanidine groups is 1. The van der Waals surface area contributed by atoms with Crippen molar-refractivity contribution in [2.45, 2.75) is 45.8 Å². The smallest absolute Gasteiger partial charge is 0.191 e. The molecule has 0 amide bonds. The van der Waals surface area contributed by atoms with Gasteiger partial charge in [0.1, 0.15) is 5.75 Å². The highest BCUT2D eigenvalue weighted by atomic mass is 16.5. The molecule has 3 unspecified atom stereocenters. The standard InChI is InChI=1S/C20H31N3O2/c1-14-8-5-6-9-16(14)24-12-7-11-22-19(21-4)23-17-15-10-13-25-18(15)20(17,2)3/h5-6,8-9,15,17-18H,7,10-13H2,1-4H3,(H2,21,22,23). The van der Waals surface area contributed by atoms with Crippen LogP contribution in [0.3, 0.4) is 0 Å². The lowest BCUT2D eigenvalue weighted by Crippen LogP contribution is -2.68. The number of ether oxygens (including phenoxy) is 2. The molecule has 1 aromatic rings. The van der Waals surface area contributed by atoms with Gasteiger partial charge in [-0.3, -0.25) is 4.99 Å². The number of rotatable bonds is 6. The first-order valence-electron chi connectivity index (χ1n) is 9.31. The van der Waals surface area contributed by atoms with Gasteiger partial charge in [0, 0.05) is 37.6 Å². The van der Waals surface area contributed by atoms with E-state index in [1.54, 1.807) is 0 Å². The second kappa shape index (κ2) is 7.65. The highest BCUT2D eigenvalue weighted by Gasteiger charge is 2.59. The molecule has 1 saturated carbocycles. The zero-order chi connectivity index (χ0) is 17.9. The molecule has 0 bridgehead atoms. The highest BCUT2D eigenvalue weighted by Crippen LogP contribution is 2.52. The molecule has 1 aliphatic heterocycles. The molecule has 2 fully saturated rings. The molecule has 1 saturated heterocycles. The van der Waals surface area contributed by atoms with E-state index >= 15 is 0 Å². The van der Waals surface area contributed by atoms with Gasteiger partial charge < -0.3 is 20.1 Å². The van der Waals surface area contributed by atoms with Crippen molar-refractivity contribution in [1.82, 2.24) is 10.6 Å². The third-order valence-corrected chi connectivity index (χ3v) is 5.58. The molecule has 2 N–H and O–H groups in total. The SMILES string of the molecule is CN=C(NCCCOc1ccccc1C)NC1C2CCOC2C1(C)C. The van der Waals surface area contributed by atoms with Gasteiger partial charge in [0.2, 0.25) is 0 Å². The van der Waals surface area contributed by atoms with Gasteiger partial charge in [-0.15, -0.1) is 0 Å². The van der Waals surface area contributed by atoms with Crippen LogP contribution < -0.4 is 15.4 Å². The van der Waals surface area contributed by atoms with Crippen molar-refractivity contribution < 1.29 is 9.47 Å². The fourth-order valence-corrected chi connectivity index (χ4v) is 4.14. The van der Waals surface area contributed by atoms with Crippen LogP contribution in [0.2, 0.25) is 0 Å². The fourth-order valence-electron chi connectivity index (χ4n) is 4.14. The number of nitrogens with one attached hydrogen (secondary N) is 2. The van der Waals surface area contributed by atoms with Crippen LogP contribution in [0.15, 0.2) is 29.3 Å². The minimum atomic E-state index is 0.159. The van der Waals surface area contributed by atoms with Crippen molar-refractivity contribution >= 4 is 5.96 Å². The van der Waals surface area contributed by atoms with Crippen LogP contribution in [0.4, 0.5) is 0 Å². The average Bonchev–Trinajstić information content (AvgIpc) is 3.06. The third-order valence-electron chi connectivity index (χ3n) is 5.58. The molecule has 3 atom stereocenters. The molecule has 5 nitrogen and oxygen atoms in total. The number of fused-ring (bicyclic) bond motifs is 1. The van der Waals surface area contributed by atoms with E-state index in [1.807, 2.05) is 25.2 Å². The van der Waals surface area contributed by atoms with Crippen molar-refractivity contribution in [1.29, 1.82) is 0 Å². The minimum Gasteiger partial charge on any atom is -0.493 e. The molecule has 0 radical (unpaired) electrons. The van der Waals surface area contributed by atoms with Gasteiger partial charge in [-0.05, 0) is 31.4 Å². The summed E-state index contributed by atoms with van der Waals surface area (Å²) in [6.07, 6.45) is 2.47. The number of hydrogen-bond donors (Lipinski definition) is 2. The number of hydrogen-bond acceptors (Lipinski definition) is 3. The van der Waals surface area contributed by atoms with Crippen molar-refractivity contribution in [2.75, 3.05) is 26.8 Å². The minimum absolute atomic E-state index is 0.159. The summed E-state index contributed by atoms with van der Waals surface area (Å²) >= 11 is 0. The summed E-state index contributed by atoms with van der Waals surface area (Å²) in [5.74, 6) is 2.45. The largest absolute Gasteiger partial charge is 0.493 e. The van der Waals surface area contributed by atoms with Crippen molar-refractivity contribution in [3.8, 4) is 5.75 Å². The first kappa shape index (κ1) is 18.1. The maximum absolute atomic E-state index is 5.86. The molecular weight excluding hydrogens is 314 g/mol. The maximum Gasteiger partial charge on any atom is 0.191 e. The summed E-state index contributed by atoms with van der Waals surface area (Å²) in [5, 5.41) is 7.01. The Bertz CT molecular complexity index is 615. The topological polar surface area (TPSA) is 54.9 Å². The summed E-state index contributed by atoms with van der Waals surface area (Å²) < 4.78 is 11.7. The van der Waals surface area contributed by atoms with E-state index in [0.29, 0.717) is 24.7 Å². The molecule has 1 heterocycles. The number of para-hydroxylation sites is 1. The predicted molar refractivity (Wildman–Crippen MR) is 101 cm³/mol. The van der Waals surface area contributed by atoms with Gasteiger partial charge in [0.15, 0.2) is 5.96 Å². The lowest BCUT2D eigenvalue weighted by molar-refractivity contribution is -0.106. The Morgan fingerprint density at radius 2 is 2.16 bits per heavy atom. The van der Waals surface area contributed by atoms with Gasteiger partial charge in [0.05, 0.1) is 12.7 Å². The van der Waals surface area contributed by atoms with Crippen LogP contribution in [-0.4, -0.2) is 44.9 Å². The van der Waals surface area contributed by atoms with E-state index in [0.717, 1.165) is 37.7 Å². The van der Waals surface area contributed by atoms with E-state index in [1.165, 1.54) is 5.56 Å². The van der Waals surface area contributed by atoms with E-state index in [-0.39, 0.29) is 5.41 Å². The highest BCUT2D eigenvalue weighted by molar-refractivity contribution is 5.80. The van der Waals surface area contributed by atoms with E-state index in [2.05, 4.69) is 42.5 Å². The molecule has 5 heteroatoms. The Morgan fingerprint density at radius 3 is 2.92 bits per heavy atom. The van der Waals surface area contributed by atoms with Crippen LogP contribution in [-0.2, 0) is 4.74 Å². The Morgan fingerprint density at radius 1 is 1.36 bits per heavy atom. The van der Waals surface area contributed by atoms with Crippen molar-refractivity contribution in [3.63, 3.8) is 0 Å². The number of aryl methyl sites for hydroxylation is 1. The van der Waals surface area contributed by atoms with Crippen LogP contribution >= 0.6 is 0 Å². The molecule has 1 aliphatic carbocycles. The Kier molecular flexibility index (Phi) is 5.52. The van der Waals surface area contributed by atoms with E-state index in [9.17, 15) is 0 Å². The van der Waals surface area contributed by atoms with Crippen molar-refractivity contribution in [3.05, 3.63) is 29.8 Å². The van der Waals surface area contributed by atoms with Gasteiger partial charge in [0.25, 0.3) is 0 Å². The Hall–Kier alpha value is -1.75. The predicted octanol–water partition coefficient (Wildman–Crippen LogP) is 2.74. The second-order valence-corrected chi connectivity index (χ2v) is 7.65. The zero-order valence-electron chi connectivity index (χ0n) is 15.8. The van der Waals surface area contributed by atoms with Gasteiger partial charge >= 0.3 is 0 Å². The van der Waals surface area contributed by atoms with E-state index < -0.39 is 0 Å². The Labute approximate surface area is 151 Å². The summed E-state index contributed by atoms with van der Waals surface area (Å²) in [7, 11) is 1.83. The summed E-state index contributed by atoms with van der Waals surface area (Å²) in [6.45, 7) is 9.05. The quantitative estimate of drug-likeness (QED) is 0.473. The second-order valence-electron chi connectivity index (χ2n) is 7.65. The molecule has 138 valence electrons. The molecular formula is C20H31N3O2. The molecule has 2 aliphatic rings. The number of benzene rings is 1. The Balaban J connectivity index is 1.39. The molecule has 25 heavy (non-hydrogen) atoms. The van der Waals surface area contributed by atoms with Crippen LogP contribution in [0.1, 0.15) is 32.3 Å². The monoisotopic (exact) mass is 345 g/mol. The maximum atomic E-state index is 5.86. The summed E-state index contributed by atoms with van der Waals surface area (Å²) in [4.78, 5) is 4.37.